The van der Waals surface area contributed by atoms with Crippen LogP contribution in [0.25, 0.3) is 0 Å². The van der Waals surface area contributed by atoms with Gasteiger partial charge in [-0.3, -0.25) is 14.9 Å². The third-order valence-corrected chi connectivity index (χ3v) is 3.37. The predicted octanol–water partition coefficient (Wildman–Crippen LogP) is 3.48. The Hall–Kier alpha value is -2.11. The molecule has 6 heteroatoms. The lowest BCUT2D eigenvalue weighted by molar-refractivity contribution is -0.384. The molecule has 0 aliphatic carbocycles. The summed E-state index contributed by atoms with van der Waals surface area (Å²) >= 11 is 0. The lowest BCUT2D eigenvalue weighted by Crippen LogP contribution is -2.28. The van der Waals surface area contributed by atoms with Crippen molar-refractivity contribution >= 4 is 17.3 Å². The van der Waals surface area contributed by atoms with Gasteiger partial charge in [-0.2, -0.15) is 0 Å². The molecule has 0 aliphatic rings. The van der Waals surface area contributed by atoms with E-state index in [9.17, 15) is 14.9 Å². The van der Waals surface area contributed by atoms with Gasteiger partial charge < -0.3 is 10.6 Å². The van der Waals surface area contributed by atoms with Crippen molar-refractivity contribution in [2.75, 3.05) is 18.4 Å². The number of amides is 1. The molecule has 122 valence electrons. The second kappa shape index (κ2) is 10.6. The lowest BCUT2D eigenvalue weighted by Gasteiger charge is -2.08. The van der Waals surface area contributed by atoms with Gasteiger partial charge in [0.2, 0.25) is 5.91 Å². The highest BCUT2D eigenvalue weighted by atomic mass is 16.6. The predicted molar refractivity (Wildman–Crippen MR) is 88.0 cm³/mol. The second-order valence-corrected chi connectivity index (χ2v) is 5.22. The number of anilines is 1. The molecule has 0 bridgehead atoms. The van der Waals surface area contributed by atoms with E-state index in [-0.39, 0.29) is 11.6 Å². The van der Waals surface area contributed by atoms with Crippen molar-refractivity contribution in [2.24, 2.45) is 0 Å². The number of hydrogen-bond acceptors (Lipinski definition) is 4. The minimum absolute atomic E-state index is 0.0425. The molecule has 22 heavy (non-hydrogen) atoms. The van der Waals surface area contributed by atoms with Crippen molar-refractivity contribution < 1.29 is 9.72 Å². The summed E-state index contributed by atoms with van der Waals surface area (Å²) in [4.78, 5) is 22.0. The Bertz CT molecular complexity index is 477. The molecule has 0 saturated heterocycles. The lowest BCUT2D eigenvalue weighted by atomic mass is 10.1. The van der Waals surface area contributed by atoms with E-state index in [1.807, 2.05) is 0 Å². The number of nitrogens with zero attached hydrogens (tertiary/aromatic N) is 1. The number of hydrogen-bond donors (Lipinski definition) is 2. The van der Waals surface area contributed by atoms with Gasteiger partial charge in [0.25, 0.3) is 5.69 Å². The van der Waals surface area contributed by atoms with Crippen LogP contribution in [0.1, 0.15) is 45.4 Å². The molecule has 6 nitrogen and oxygen atoms in total. The van der Waals surface area contributed by atoms with Gasteiger partial charge in [-0.05, 0) is 12.5 Å². The fourth-order valence-corrected chi connectivity index (χ4v) is 2.16. The number of carbonyl (C=O) groups excluding carboxylic acids is 1. The summed E-state index contributed by atoms with van der Waals surface area (Å²) in [5.74, 6) is 0.0425. The third-order valence-electron chi connectivity index (χ3n) is 3.37. The average Bonchev–Trinajstić information content (AvgIpc) is 2.51. The number of para-hydroxylation sites is 2. The first-order chi connectivity index (χ1) is 10.6. The molecule has 1 aromatic rings. The van der Waals surface area contributed by atoms with E-state index in [0.29, 0.717) is 25.2 Å². The van der Waals surface area contributed by atoms with Crippen LogP contribution in [0.2, 0.25) is 0 Å². The van der Waals surface area contributed by atoms with E-state index in [1.54, 1.807) is 18.2 Å². The van der Waals surface area contributed by atoms with Crippen LogP contribution in [-0.2, 0) is 4.79 Å². The Morgan fingerprint density at radius 1 is 1.14 bits per heavy atom. The number of benzene rings is 1. The van der Waals surface area contributed by atoms with Gasteiger partial charge in [-0.1, -0.05) is 44.7 Å². The third kappa shape index (κ3) is 7.06. The summed E-state index contributed by atoms with van der Waals surface area (Å²) in [5.41, 5.74) is 0.520. The molecule has 1 amide bonds. The van der Waals surface area contributed by atoms with E-state index < -0.39 is 4.92 Å². The zero-order valence-electron chi connectivity index (χ0n) is 13.1. The summed E-state index contributed by atoms with van der Waals surface area (Å²) in [7, 11) is 0. The maximum Gasteiger partial charge on any atom is 0.292 e. The molecular formula is C16H25N3O3. The Labute approximate surface area is 131 Å². The summed E-state index contributed by atoms with van der Waals surface area (Å²) in [6.07, 6.45) is 6.17. The van der Waals surface area contributed by atoms with Gasteiger partial charge in [-0.15, -0.1) is 0 Å². The normalized spacial score (nSPS) is 10.2. The SMILES string of the molecule is CCCCCCCC(=O)NCCNc1ccccc1[N+](=O)[O-]. The van der Waals surface area contributed by atoms with Gasteiger partial charge in [0.1, 0.15) is 5.69 Å². The first-order valence-electron chi connectivity index (χ1n) is 7.89. The smallest absolute Gasteiger partial charge is 0.292 e. The molecule has 0 fully saturated rings. The van der Waals surface area contributed by atoms with E-state index in [2.05, 4.69) is 17.6 Å². The van der Waals surface area contributed by atoms with E-state index >= 15 is 0 Å². The number of carbonyl (C=O) groups is 1. The van der Waals surface area contributed by atoms with Crippen molar-refractivity contribution in [3.05, 3.63) is 34.4 Å². The molecule has 0 atom stereocenters. The Morgan fingerprint density at radius 2 is 1.86 bits per heavy atom. The minimum atomic E-state index is -0.419. The van der Waals surface area contributed by atoms with Gasteiger partial charge in [0, 0.05) is 25.6 Å². The average molecular weight is 307 g/mol. The highest BCUT2D eigenvalue weighted by Crippen LogP contribution is 2.22. The first-order valence-corrected chi connectivity index (χ1v) is 7.89. The van der Waals surface area contributed by atoms with Crippen LogP contribution in [0.15, 0.2) is 24.3 Å². The molecule has 1 rings (SSSR count). The molecule has 0 aliphatic heterocycles. The van der Waals surface area contributed by atoms with Crippen LogP contribution in [0.4, 0.5) is 11.4 Å². The standard InChI is InChI=1S/C16H25N3O3/c1-2-3-4-5-6-11-16(20)18-13-12-17-14-9-7-8-10-15(14)19(21)22/h7-10,17H,2-6,11-13H2,1H3,(H,18,20). The number of rotatable bonds is 11. The fourth-order valence-electron chi connectivity index (χ4n) is 2.16. The van der Waals surface area contributed by atoms with Gasteiger partial charge >= 0.3 is 0 Å². The topological polar surface area (TPSA) is 84.3 Å². The van der Waals surface area contributed by atoms with E-state index in [0.717, 1.165) is 12.8 Å². The summed E-state index contributed by atoms with van der Waals surface area (Å²) in [5, 5.41) is 16.7. The number of unbranched alkanes of at least 4 members (excludes halogenated alkanes) is 4. The molecule has 0 saturated carbocycles. The van der Waals surface area contributed by atoms with Crippen molar-refractivity contribution in [2.45, 2.75) is 45.4 Å². The van der Waals surface area contributed by atoms with Gasteiger partial charge in [0.05, 0.1) is 4.92 Å². The highest BCUT2D eigenvalue weighted by molar-refractivity contribution is 5.75. The van der Waals surface area contributed by atoms with Crippen LogP contribution < -0.4 is 10.6 Å². The fraction of sp³-hybridized carbons (Fsp3) is 0.562. The van der Waals surface area contributed by atoms with Crippen LogP contribution in [0.3, 0.4) is 0 Å². The zero-order chi connectivity index (χ0) is 16.2. The monoisotopic (exact) mass is 307 g/mol. The quantitative estimate of drug-likeness (QED) is 0.372. The molecule has 1 aromatic carbocycles. The van der Waals surface area contributed by atoms with Crippen LogP contribution in [0, 0.1) is 10.1 Å². The number of nitro groups is 1. The van der Waals surface area contributed by atoms with Crippen LogP contribution in [-0.4, -0.2) is 23.9 Å². The zero-order valence-corrected chi connectivity index (χ0v) is 13.1. The van der Waals surface area contributed by atoms with E-state index in [1.165, 1.54) is 25.3 Å². The van der Waals surface area contributed by atoms with Crippen molar-refractivity contribution in [1.29, 1.82) is 0 Å². The minimum Gasteiger partial charge on any atom is -0.378 e. The van der Waals surface area contributed by atoms with Gasteiger partial charge in [-0.25, -0.2) is 0 Å². The Morgan fingerprint density at radius 3 is 2.59 bits per heavy atom. The molecule has 0 unspecified atom stereocenters. The summed E-state index contributed by atoms with van der Waals surface area (Å²) in [6.45, 7) is 3.09. The molecule has 0 heterocycles. The molecular weight excluding hydrogens is 282 g/mol. The van der Waals surface area contributed by atoms with Crippen molar-refractivity contribution in [1.82, 2.24) is 5.32 Å². The highest BCUT2D eigenvalue weighted by Gasteiger charge is 2.11. The van der Waals surface area contributed by atoms with Gasteiger partial charge in [0.15, 0.2) is 0 Å². The summed E-state index contributed by atoms with van der Waals surface area (Å²) < 4.78 is 0. The van der Waals surface area contributed by atoms with Crippen molar-refractivity contribution in [3.8, 4) is 0 Å². The molecule has 0 spiro atoms. The second-order valence-electron chi connectivity index (χ2n) is 5.22. The summed E-state index contributed by atoms with van der Waals surface area (Å²) in [6, 6.07) is 6.48. The van der Waals surface area contributed by atoms with Crippen LogP contribution >= 0.6 is 0 Å². The van der Waals surface area contributed by atoms with E-state index in [4.69, 9.17) is 0 Å². The maximum absolute atomic E-state index is 11.6. The molecule has 2 N–H and O–H groups in total. The maximum atomic E-state index is 11.6. The number of nitrogens with one attached hydrogen (secondary N) is 2. The largest absolute Gasteiger partial charge is 0.378 e. The Kier molecular flexibility index (Phi) is 8.64. The molecule has 0 radical (unpaired) electrons. The molecule has 0 aromatic heterocycles. The number of nitro benzene ring substituents is 1. The first kappa shape index (κ1) is 17.9. The Balaban J connectivity index is 2.17. The van der Waals surface area contributed by atoms with Crippen molar-refractivity contribution in [3.63, 3.8) is 0 Å². The van der Waals surface area contributed by atoms with Crippen LogP contribution in [0.5, 0.6) is 0 Å².